The van der Waals surface area contributed by atoms with Crippen LogP contribution in [-0.2, 0) is 6.54 Å². The van der Waals surface area contributed by atoms with Gasteiger partial charge in [-0.3, -0.25) is 0 Å². The number of hydrogen-bond acceptors (Lipinski definition) is 3. The SMILES string of the molecule is CCCOc1ccccc1CNc1cccc(OC(C)C)c1. The van der Waals surface area contributed by atoms with Gasteiger partial charge in [-0.15, -0.1) is 0 Å². The van der Waals surface area contributed by atoms with Crippen molar-refractivity contribution >= 4 is 5.69 Å². The molecule has 0 saturated carbocycles. The van der Waals surface area contributed by atoms with Gasteiger partial charge in [0, 0.05) is 23.9 Å². The van der Waals surface area contributed by atoms with Crippen molar-refractivity contribution in [3.63, 3.8) is 0 Å². The number of para-hydroxylation sites is 1. The molecule has 2 aromatic carbocycles. The molecular formula is C19H25NO2. The van der Waals surface area contributed by atoms with Crippen LogP contribution in [-0.4, -0.2) is 12.7 Å². The van der Waals surface area contributed by atoms with E-state index in [4.69, 9.17) is 9.47 Å². The second kappa shape index (κ2) is 8.32. The molecule has 0 aliphatic rings. The first-order valence-corrected chi connectivity index (χ1v) is 7.90. The van der Waals surface area contributed by atoms with Crippen LogP contribution >= 0.6 is 0 Å². The molecule has 0 aromatic heterocycles. The van der Waals surface area contributed by atoms with Crippen LogP contribution in [0.4, 0.5) is 5.69 Å². The number of nitrogens with one attached hydrogen (secondary N) is 1. The van der Waals surface area contributed by atoms with Crippen molar-refractivity contribution in [3.05, 3.63) is 54.1 Å². The van der Waals surface area contributed by atoms with Gasteiger partial charge in [-0.05, 0) is 38.5 Å². The van der Waals surface area contributed by atoms with Crippen molar-refractivity contribution in [2.24, 2.45) is 0 Å². The second-order valence-electron chi connectivity index (χ2n) is 5.50. The van der Waals surface area contributed by atoms with Crippen LogP contribution in [0.15, 0.2) is 48.5 Å². The van der Waals surface area contributed by atoms with Crippen LogP contribution in [0.1, 0.15) is 32.8 Å². The molecule has 3 nitrogen and oxygen atoms in total. The zero-order valence-corrected chi connectivity index (χ0v) is 13.6. The highest BCUT2D eigenvalue weighted by Gasteiger charge is 2.04. The van der Waals surface area contributed by atoms with Gasteiger partial charge in [0.05, 0.1) is 12.7 Å². The molecule has 0 aliphatic heterocycles. The summed E-state index contributed by atoms with van der Waals surface area (Å²) in [6, 6.07) is 16.2. The van der Waals surface area contributed by atoms with E-state index < -0.39 is 0 Å². The monoisotopic (exact) mass is 299 g/mol. The summed E-state index contributed by atoms with van der Waals surface area (Å²) in [5.41, 5.74) is 2.20. The summed E-state index contributed by atoms with van der Waals surface area (Å²) in [5.74, 6) is 1.84. The van der Waals surface area contributed by atoms with E-state index in [1.54, 1.807) is 0 Å². The van der Waals surface area contributed by atoms with Gasteiger partial charge in [-0.25, -0.2) is 0 Å². The quantitative estimate of drug-likeness (QED) is 0.754. The molecule has 0 aliphatic carbocycles. The highest BCUT2D eigenvalue weighted by atomic mass is 16.5. The van der Waals surface area contributed by atoms with Crippen molar-refractivity contribution < 1.29 is 9.47 Å². The fourth-order valence-electron chi connectivity index (χ4n) is 2.15. The van der Waals surface area contributed by atoms with E-state index in [1.165, 1.54) is 0 Å². The molecule has 0 spiro atoms. The lowest BCUT2D eigenvalue weighted by Gasteiger charge is -2.14. The molecule has 0 saturated heterocycles. The van der Waals surface area contributed by atoms with Crippen molar-refractivity contribution in [2.75, 3.05) is 11.9 Å². The molecular weight excluding hydrogens is 274 g/mol. The van der Waals surface area contributed by atoms with Crippen molar-refractivity contribution in [2.45, 2.75) is 39.8 Å². The summed E-state index contributed by atoms with van der Waals surface area (Å²) in [6.07, 6.45) is 1.19. The average Bonchev–Trinajstić information content (AvgIpc) is 2.51. The number of ether oxygens (including phenoxy) is 2. The second-order valence-corrected chi connectivity index (χ2v) is 5.50. The minimum Gasteiger partial charge on any atom is -0.493 e. The molecule has 3 heteroatoms. The molecule has 2 rings (SSSR count). The standard InChI is InChI=1S/C19H25NO2/c1-4-12-21-19-11-6-5-8-16(19)14-20-17-9-7-10-18(13-17)22-15(2)3/h5-11,13,15,20H,4,12,14H2,1-3H3. The molecule has 2 aromatic rings. The zero-order valence-electron chi connectivity index (χ0n) is 13.6. The van der Waals surface area contributed by atoms with Gasteiger partial charge >= 0.3 is 0 Å². The largest absolute Gasteiger partial charge is 0.493 e. The Bertz CT molecular complexity index is 581. The Balaban J connectivity index is 2.01. The molecule has 118 valence electrons. The molecule has 0 amide bonds. The third-order valence-corrected chi connectivity index (χ3v) is 3.12. The van der Waals surface area contributed by atoms with Crippen LogP contribution in [0, 0.1) is 0 Å². The summed E-state index contributed by atoms with van der Waals surface area (Å²) >= 11 is 0. The molecule has 0 fully saturated rings. The Hall–Kier alpha value is -2.16. The van der Waals surface area contributed by atoms with Crippen molar-refractivity contribution in [1.29, 1.82) is 0 Å². The first-order valence-electron chi connectivity index (χ1n) is 7.90. The third kappa shape index (κ3) is 4.99. The lowest BCUT2D eigenvalue weighted by molar-refractivity contribution is 0.242. The van der Waals surface area contributed by atoms with Crippen LogP contribution in [0.5, 0.6) is 11.5 Å². The molecule has 0 heterocycles. The smallest absolute Gasteiger partial charge is 0.124 e. The predicted octanol–water partition coefficient (Wildman–Crippen LogP) is 4.87. The van der Waals surface area contributed by atoms with Gasteiger partial charge in [0.1, 0.15) is 11.5 Å². The van der Waals surface area contributed by atoms with E-state index in [-0.39, 0.29) is 6.10 Å². The Morgan fingerprint density at radius 1 is 1.05 bits per heavy atom. The number of hydrogen-bond donors (Lipinski definition) is 1. The van der Waals surface area contributed by atoms with Crippen LogP contribution in [0.3, 0.4) is 0 Å². The lowest BCUT2D eigenvalue weighted by Crippen LogP contribution is -2.06. The van der Waals surface area contributed by atoms with Crippen molar-refractivity contribution in [1.82, 2.24) is 0 Å². The van der Waals surface area contributed by atoms with Gasteiger partial charge in [-0.1, -0.05) is 31.2 Å². The van der Waals surface area contributed by atoms with E-state index in [0.717, 1.165) is 42.3 Å². The Kier molecular flexibility index (Phi) is 6.13. The summed E-state index contributed by atoms with van der Waals surface area (Å²) < 4.78 is 11.5. The maximum Gasteiger partial charge on any atom is 0.124 e. The van der Waals surface area contributed by atoms with Gasteiger partial charge in [0.2, 0.25) is 0 Å². The molecule has 22 heavy (non-hydrogen) atoms. The average molecular weight is 299 g/mol. The maximum atomic E-state index is 5.79. The topological polar surface area (TPSA) is 30.5 Å². The normalized spacial score (nSPS) is 10.5. The lowest BCUT2D eigenvalue weighted by atomic mass is 10.2. The number of rotatable bonds is 8. The van der Waals surface area contributed by atoms with Gasteiger partial charge in [0.25, 0.3) is 0 Å². The van der Waals surface area contributed by atoms with Gasteiger partial charge in [-0.2, -0.15) is 0 Å². The maximum absolute atomic E-state index is 5.79. The van der Waals surface area contributed by atoms with Gasteiger partial charge in [0.15, 0.2) is 0 Å². The minimum atomic E-state index is 0.179. The number of benzene rings is 2. The molecule has 0 radical (unpaired) electrons. The van der Waals surface area contributed by atoms with Crippen LogP contribution in [0.25, 0.3) is 0 Å². The first kappa shape index (κ1) is 16.2. The van der Waals surface area contributed by atoms with E-state index in [0.29, 0.717) is 0 Å². The van der Waals surface area contributed by atoms with Crippen LogP contribution < -0.4 is 14.8 Å². The number of anilines is 1. The minimum absolute atomic E-state index is 0.179. The summed E-state index contributed by atoms with van der Waals surface area (Å²) in [5, 5.41) is 3.43. The fourth-order valence-corrected chi connectivity index (χ4v) is 2.15. The van der Waals surface area contributed by atoms with E-state index in [2.05, 4.69) is 18.3 Å². The summed E-state index contributed by atoms with van der Waals surface area (Å²) in [7, 11) is 0. The highest BCUT2D eigenvalue weighted by molar-refractivity contribution is 5.49. The zero-order chi connectivity index (χ0) is 15.8. The van der Waals surface area contributed by atoms with Gasteiger partial charge < -0.3 is 14.8 Å². The van der Waals surface area contributed by atoms with E-state index in [1.807, 2.05) is 56.3 Å². The van der Waals surface area contributed by atoms with Crippen LogP contribution in [0.2, 0.25) is 0 Å². The van der Waals surface area contributed by atoms with E-state index >= 15 is 0 Å². The Labute approximate surface area is 133 Å². The molecule has 1 N–H and O–H groups in total. The Morgan fingerprint density at radius 3 is 2.64 bits per heavy atom. The fraction of sp³-hybridized carbons (Fsp3) is 0.368. The van der Waals surface area contributed by atoms with E-state index in [9.17, 15) is 0 Å². The molecule has 0 bridgehead atoms. The summed E-state index contributed by atoms with van der Waals surface area (Å²) in [6.45, 7) is 7.64. The third-order valence-electron chi connectivity index (χ3n) is 3.12. The molecule has 0 atom stereocenters. The predicted molar refractivity (Wildman–Crippen MR) is 91.8 cm³/mol. The molecule has 0 unspecified atom stereocenters. The summed E-state index contributed by atoms with van der Waals surface area (Å²) in [4.78, 5) is 0. The Morgan fingerprint density at radius 2 is 1.86 bits per heavy atom. The van der Waals surface area contributed by atoms with Crippen molar-refractivity contribution in [3.8, 4) is 11.5 Å². The first-order chi connectivity index (χ1) is 10.7. The highest BCUT2D eigenvalue weighted by Crippen LogP contribution is 2.22.